The van der Waals surface area contributed by atoms with Gasteiger partial charge in [0.2, 0.25) is 0 Å². The van der Waals surface area contributed by atoms with Crippen molar-refractivity contribution >= 4 is 40.2 Å². The summed E-state index contributed by atoms with van der Waals surface area (Å²) in [5, 5.41) is 12.4. The number of thioether (sulfide) groups is 1. The summed E-state index contributed by atoms with van der Waals surface area (Å²) in [6, 6.07) is 0.457. The molecule has 1 aromatic rings. The molecule has 0 unspecified atom stereocenters. The molecule has 0 aromatic carbocycles. The Kier molecular flexibility index (Phi) is 9.47. The third-order valence-corrected chi connectivity index (χ3v) is 8.03. The molecule has 9 heteroatoms. The molecule has 2 amide bonds. The highest BCUT2D eigenvalue weighted by molar-refractivity contribution is 8.01. The van der Waals surface area contributed by atoms with Crippen molar-refractivity contribution in [3.8, 4) is 0 Å². The van der Waals surface area contributed by atoms with Crippen LogP contribution in [0, 0.1) is 5.92 Å². The first-order valence-electron chi connectivity index (χ1n) is 11.4. The van der Waals surface area contributed by atoms with Crippen LogP contribution in [0.2, 0.25) is 0 Å². The molecule has 0 saturated heterocycles. The molecule has 0 bridgehead atoms. The highest BCUT2D eigenvalue weighted by Gasteiger charge is 2.35. The fourth-order valence-corrected chi connectivity index (χ4v) is 6.06. The van der Waals surface area contributed by atoms with Gasteiger partial charge in [0.15, 0.2) is 5.13 Å². The van der Waals surface area contributed by atoms with Crippen molar-refractivity contribution in [1.29, 1.82) is 0 Å². The van der Waals surface area contributed by atoms with Gasteiger partial charge >= 0.3 is 12.0 Å². The number of amides is 2. The van der Waals surface area contributed by atoms with Crippen LogP contribution in [0.5, 0.6) is 0 Å². The number of aliphatic carboxylic acids is 1. The van der Waals surface area contributed by atoms with E-state index in [1.54, 1.807) is 6.20 Å². The number of carbonyl (C=O) groups excluding carboxylic acids is 1. The summed E-state index contributed by atoms with van der Waals surface area (Å²) < 4.78 is 6.84. The van der Waals surface area contributed by atoms with E-state index in [-0.39, 0.29) is 23.9 Å². The number of carbonyl (C=O) groups is 2. The minimum Gasteiger partial charge on any atom is -0.481 e. The average Bonchev–Trinajstić information content (AvgIpc) is 3.20. The number of ether oxygens (including phenoxy) is 1. The molecular formula is C22H35N3O4S2. The van der Waals surface area contributed by atoms with Gasteiger partial charge in [-0.15, -0.1) is 11.8 Å². The Labute approximate surface area is 193 Å². The Bertz CT molecular complexity index is 713. The highest BCUT2D eigenvalue weighted by atomic mass is 32.2. The molecule has 174 valence electrons. The second-order valence-electron chi connectivity index (χ2n) is 8.95. The molecule has 0 aliphatic heterocycles. The normalized spacial score (nSPS) is 22.4. The van der Waals surface area contributed by atoms with Gasteiger partial charge in [0.05, 0.1) is 22.3 Å². The Morgan fingerprint density at radius 2 is 1.87 bits per heavy atom. The maximum Gasteiger partial charge on any atom is 0.324 e. The Morgan fingerprint density at radius 3 is 2.52 bits per heavy atom. The molecule has 3 rings (SSSR count). The van der Waals surface area contributed by atoms with Crippen LogP contribution < -0.4 is 5.32 Å². The van der Waals surface area contributed by atoms with Crippen LogP contribution in [-0.4, -0.2) is 57.5 Å². The van der Waals surface area contributed by atoms with Crippen LogP contribution in [0.4, 0.5) is 9.93 Å². The second-order valence-corrected chi connectivity index (χ2v) is 11.3. The summed E-state index contributed by atoms with van der Waals surface area (Å²) in [4.78, 5) is 30.5. The topological polar surface area (TPSA) is 91.8 Å². The number of aromatic nitrogens is 1. The van der Waals surface area contributed by atoms with E-state index < -0.39 is 5.97 Å². The molecule has 0 radical (unpaired) electrons. The molecule has 31 heavy (non-hydrogen) atoms. The molecule has 0 atom stereocenters. The van der Waals surface area contributed by atoms with Gasteiger partial charge in [0.1, 0.15) is 0 Å². The molecule has 7 nitrogen and oxygen atoms in total. The van der Waals surface area contributed by atoms with Crippen molar-refractivity contribution in [1.82, 2.24) is 9.88 Å². The first kappa shape index (κ1) is 24.3. The van der Waals surface area contributed by atoms with E-state index in [4.69, 9.17) is 9.84 Å². The standard InChI is InChI=1S/C22H35N3O4S2/c1-15(2)13-29-18-10-8-17(9-11-18)25(16-6-4-3-5-7-16)22(28)24-21-23-12-20(31-21)30-14-19(26)27/h12,15-18H,3-11,13-14H2,1-2H3,(H,26,27)(H,23,24,28). The van der Waals surface area contributed by atoms with Gasteiger partial charge in [-0.2, -0.15) is 0 Å². The monoisotopic (exact) mass is 469 g/mol. The van der Waals surface area contributed by atoms with E-state index in [9.17, 15) is 9.59 Å². The number of nitrogens with one attached hydrogen (secondary N) is 1. The van der Waals surface area contributed by atoms with Crippen LogP contribution in [0.15, 0.2) is 10.4 Å². The van der Waals surface area contributed by atoms with Gasteiger partial charge in [-0.25, -0.2) is 9.78 Å². The Balaban J connectivity index is 1.61. The van der Waals surface area contributed by atoms with E-state index in [1.807, 2.05) is 0 Å². The maximum atomic E-state index is 13.3. The summed E-state index contributed by atoms with van der Waals surface area (Å²) in [5.74, 6) is -0.328. The van der Waals surface area contributed by atoms with E-state index >= 15 is 0 Å². The van der Waals surface area contributed by atoms with Crippen LogP contribution in [0.25, 0.3) is 0 Å². The van der Waals surface area contributed by atoms with Gasteiger partial charge in [0, 0.05) is 18.7 Å². The number of urea groups is 1. The molecule has 2 saturated carbocycles. The third kappa shape index (κ3) is 7.64. The van der Waals surface area contributed by atoms with Crippen molar-refractivity contribution in [2.45, 2.75) is 94.0 Å². The number of thiazole rings is 1. The predicted octanol–water partition coefficient (Wildman–Crippen LogP) is 5.47. The molecule has 2 aliphatic carbocycles. The number of hydrogen-bond donors (Lipinski definition) is 2. The SMILES string of the molecule is CC(C)COC1CCC(N(C(=O)Nc2ncc(SCC(=O)O)s2)C2CCCCC2)CC1. The van der Waals surface area contributed by atoms with Crippen molar-refractivity contribution < 1.29 is 19.4 Å². The summed E-state index contributed by atoms with van der Waals surface area (Å²) >= 11 is 2.56. The van der Waals surface area contributed by atoms with Crippen molar-refractivity contribution in [3.05, 3.63) is 6.20 Å². The lowest BCUT2D eigenvalue weighted by Gasteiger charge is -2.42. The minimum absolute atomic E-state index is 0.00804. The van der Waals surface area contributed by atoms with Gasteiger partial charge in [-0.3, -0.25) is 10.1 Å². The number of nitrogens with zero attached hydrogens (tertiary/aromatic N) is 2. The van der Waals surface area contributed by atoms with Gasteiger partial charge in [0.25, 0.3) is 0 Å². The summed E-state index contributed by atoms with van der Waals surface area (Å²) in [6.07, 6.45) is 11.6. The smallest absolute Gasteiger partial charge is 0.324 e. The lowest BCUT2D eigenvalue weighted by molar-refractivity contribution is -0.133. The maximum absolute atomic E-state index is 13.3. The number of carboxylic acid groups (broad SMARTS) is 1. The zero-order chi connectivity index (χ0) is 22.2. The van der Waals surface area contributed by atoms with Crippen LogP contribution >= 0.6 is 23.1 Å². The summed E-state index contributed by atoms with van der Waals surface area (Å²) in [5.41, 5.74) is 0. The lowest BCUT2D eigenvalue weighted by atomic mass is 9.87. The van der Waals surface area contributed by atoms with Crippen LogP contribution in [0.1, 0.15) is 71.6 Å². The molecule has 2 aliphatic rings. The number of carboxylic acids is 1. The average molecular weight is 470 g/mol. The molecule has 1 aromatic heterocycles. The molecule has 2 N–H and O–H groups in total. The van der Waals surface area contributed by atoms with Crippen molar-refractivity contribution in [2.24, 2.45) is 5.92 Å². The van der Waals surface area contributed by atoms with Gasteiger partial charge in [-0.1, -0.05) is 44.4 Å². The number of hydrogen-bond acceptors (Lipinski definition) is 6. The largest absolute Gasteiger partial charge is 0.481 e. The minimum atomic E-state index is -0.861. The van der Waals surface area contributed by atoms with E-state index in [0.29, 0.717) is 17.2 Å². The zero-order valence-electron chi connectivity index (χ0n) is 18.5. The van der Waals surface area contributed by atoms with Crippen molar-refractivity contribution in [2.75, 3.05) is 17.7 Å². The predicted molar refractivity (Wildman–Crippen MR) is 125 cm³/mol. The van der Waals surface area contributed by atoms with Crippen LogP contribution in [-0.2, 0) is 9.53 Å². The molecular weight excluding hydrogens is 434 g/mol. The number of anilines is 1. The third-order valence-electron chi connectivity index (χ3n) is 5.94. The van der Waals surface area contributed by atoms with Crippen LogP contribution in [0.3, 0.4) is 0 Å². The first-order valence-corrected chi connectivity index (χ1v) is 13.2. The first-order chi connectivity index (χ1) is 14.9. The number of rotatable bonds is 9. The molecule has 0 spiro atoms. The summed E-state index contributed by atoms with van der Waals surface area (Å²) in [7, 11) is 0. The quantitative estimate of drug-likeness (QED) is 0.466. The molecule has 1 heterocycles. The fraction of sp³-hybridized carbons (Fsp3) is 0.773. The van der Waals surface area contributed by atoms with Gasteiger partial charge in [-0.05, 0) is 44.4 Å². The summed E-state index contributed by atoms with van der Waals surface area (Å²) in [6.45, 7) is 5.14. The van der Waals surface area contributed by atoms with E-state index in [0.717, 1.165) is 49.3 Å². The van der Waals surface area contributed by atoms with E-state index in [2.05, 4.69) is 29.0 Å². The zero-order valence-corrected chi connectivity index (χ0v) is 20.2. The van der Waals surface area contributed by atoms with Crippen molar-refractivity contribution in [3.63, 3.8) is 0 Å². The highest BCUT2D eigenvalue weighted by Crippen LogP contribution is 2.33. The Morgan fingerprint density at radius 1 is 1.19 bits per heavy atom. The molecule has 2 fully saturated rings. The lowest BCUT2D eigenvalue weighted by Crippen LogP contribution is -2.51. The van der Waals surface area contributed by atoms with E-state index in [1.165, 1.54) is 42.4 Å². The fourth-order valence-electron chi connectivity index (χ4n) is 4.48. The second kappa shape index (κ2) is 12.1. The Hall–Kier alpha value is -1.32. The van der Waals surface area contributed by atoms with Gasteiger partial charge < -0.3 is 14.7 Å².